The van der Waals surface area contributed by atoms with Crippen LogP contribution in [-0.4, -0.2) is 0 Å². The van der Waals surface area contributed by atoms with Crippen LogP contribution in [0.25, 0.3) is 0 Å². The average molecular weight is 189 g/mol. The molecule has 1 aromatic carbocycles. The number of hydrogen-bond acceptors (Lipinski definition) is 1. The summed E-state index contributed by atoms with van der Waals surface area (Å²) < 4.78 is 13.2. The molecular formula is C12H12FN. The molecule has 0 aromatic heterocycles. The van der Waals surface area contributed by atoms with Crippen LogP contribution >= 0.6 is 0 Å². The zero-order chi connectivity index (χ0) is 10.1. The minimum absolute atomic E-state index is 0.141. The van der Waals surface area contributed by atoms with Gasteiger partial charge in [-0.15, -0.1) is 0 Å². The Morgan fingerprint density at radius 1 is 1.57 bits per heavy atom. The maximum absolute atomic E-state index is 13.2. The van der Waals surface area contributed by atoms with E-state index < -0.39 is 0 Å². The van der Waals surface area contributed by atoms with Crippen molar-refractivity contribution in [3.05, 3.63) is 35.1 Å². The highest BCUT2D eigenvalue weighted by molar-refractivity contribution is 5.36. The standard InChI is InChI=1S/C12H12FN/c1-2-8-5-11(8)9-3-4-10(7-14)12(13)6-9/h3-4,6,8,11H,2,5H2,1H3/t8-,11-/m0/s1. The van der Waals surface area contributed by atoms with E-state index in [1.54, 1.807) is 6.07 Å². The lowest BCUT2D eigenvalue weighted by molar-refractivity contribution is 0.620. The Labute approximate surface area is 83.2 Å². The number of nitriles is 1. The average Bonchev–Trinajstić information content (AvgIpc) is 2.96. The molecule has 0 spiro atoms. The fraction of sp³-hybridized carbons (Fsp3) is 0.417. The van der Waals surface area contributed by atoms with Gasteiger partial charge in [0.1, 0.15) is 11.9 Å². The van der Waals surface area contributed by atoms with Crippen molar-refractivity contribution in [3.63, 3.8) is 0 Å². The monoisotopic (exact) mass is 189 g/mol. The lowest BCUT2D eigenvalue weighted by Gasteiger charge is -2.00. The van der Waals surface area contributed by atoms with E-state index in [2.05, 4.69) is 6.92 Å². The summed E-state index contributed by atoms with van der Waals surface area (Å²) in [6.07, 6.45) is 2.33. The first-order valence-corrected chi connectivity index (χ1v) is 4.95. The van der Waals surface area contributed by atoms with Crippen LogP contribution in [-0.2, 0) is 0 Å². The van der Waals surface area contributed by atoms with Crippen LogP contribution in [0.15, 0.2) is 18.2 Å². The summed E-state index contributed by atoms with van der Waals surface area (Å²) in [5, 5.41) is 8.57. The van der Waals surface area contributed by atoms with E-state index in [-0.39, 0.29) is 11.4 Å². The Morgan fingerprint density at radius 3 is 2.86 bits per heavy atom. The molecule has 1 fully saturated rings. The van der Waals surface area contributed by atoms with E-state index in [0.29, 0.717) is 5.92 Å². The van der Waals surface area contributed by atoms with Crippen LogP contribution < -0.4 is 0 Å². The largest absolute Gasteiger partial charge is 0.206 e. The van der Waals surface area contributed by atoms with E-state index in [4.69, 9.17) is 5.26 Å². The molecule has 72 valence electrons. The third-order valence-corrected chi connectivity index (χ3v) is 2.99. The van der Waals surface area contributed by atoms with Gasteiger partial charge < -0.3 is 0 Å². The summed E-state index contributed by atoms with van der Waals surface area (Å²) in [5.41, 5.74) is 1.19. The summed E-state index contributed by atoms with van der Waals surface area (Å²) in [6.45, 7) is 2.16. The highest BCUT2D eigenvalue weighted by atomic mass is 19.1. The maximum atomic E-state index is 13.2. The van der Waals surface area contributed by atoms with Crippen LogP contribution in [0.5, 0.6) is 0 Å². The molecule has 0 amide bonds. The first-order chi connectivity index (χ1) is 6.76. The highest BCUT2D eigenvalue weighted by Crippen LogP contribution is 2.49. The summed E-state index contributed by atoms with van der Waals surface area (Å²) in [4.78, 5) is 0. The van der Waals surface area contributed by atoms with Crippen molar-refractivity contribution in [2.24, 2.45) is 5.92 Å². The molecule has 0 heterocycles. The summed E-state index contributed by atoms with van der Waals surface area (Å²) in [5.74, 6) is 0.872. The van der Waals surface area contributed by atoms with E-state index in [9.17, 15) is 4.39 Å². The zero-order valence-electron chi connectivity index (χ0n) is 8.13. The van der Waals surface area contributed by atoms with Gasteiger partial charge in [0.05, 0.1) is 5.56 Å². The van der Waals surface area contributed by atoms with Gasteiger partial charge in [0.25, 0.3) is 0 Å². The second-order valence-electron chi connectivity index (χ2n) is 3.86. The fourth-order valence-electron chi connectivity index (χ4n) is 1.96. The highest BCUT2D eigenvalue weighted by Gasteiger charge is 2.36. The van der Waals surface area contributed by atoms with Crippen molar-refractivity contribution < 1.29 is 4.39 Å². The molecule has 0 aliphatic heterocycles. The molecular weight excluding hydrogens is 177 g/mol. The van der Waals surface area contributed by atoms with Gasteiger partial charge in [-0.25, -0.2) is 4.39 Å². The molecule has 0 radical (unpaired) electrons. The van der Waals surface area contributed by atoms with Gasteiger partial charge in [-0.1, -0.05) is 19.4 Å². The minimum Gasteiger partial charge on any atom is -0.206 e. The summed E-state index contributed by atoms with van der Waals surface area (Å²) in [6, 6.07) is 6.80. The predicted molar refractivity (Wildman–Crippen MR) is 52.3 cm³/mol. The SMILES string of the molecule is CC[C@H]1C[C@@H]1c1ccc(C#N)c(F)c1. The zero-order valence-corrected chi connectivity index (χ0v) is 8.13. The Bertz CT molecular complexity index is 392. The smallest absolute Gasteiger partial charge is 0.141 e. The number of hydrogen-bond donors (Lipinski definition) is 0. The van der Waals surface area contributed by atoms with Gasteiger partial charge in [-0.2, -0.15) is 5.26 Å². The van der Waals surface area contributed by atoms with Gasteiger partial charge in [0.2, 0.25) is 0 Å². The molecule has 1 saturated carbocycles. The number of halogens is 1. The molecule has 2 rings (SSSR count). The topological polar surface area (TPSA) is 23.8 Å². The minimum atomic E-state index is -0.383. The van der Waals surface area contributed by atoms with E-state index in [1.807, 2.05) is 12.1 Å². The molecule has 1 aromatic rings. The molecule has 0 N–H and O–H groups in total. The second kappa shape index (κ2) is 3.42. The molecule has 1 nitrogen and oxygen atoms in total. The molecule has 0 bridgehead atoms. The molecule has 14 heavy (non-hydrogen) atoms. The van der Waals surface area contributed by atoms with Gasteiger partial charge in [-0.05, 0) is 36.0 Å². The maximum Gasteiger partial charge on any atom is 0.141 e. The van der Waals surface area contributed by atoms with Crippen LogP contribution in [0.2, 0.25) is 0 Å². The number of nitrogens with zero attached hydrogens (tertiary/aromatic N) is 1. The van der Waals surface area contributed by atoms with Gasteiger partial charge >= 0.3 is 0 Å². The Morgan fingerprint density at radius 2 is 2.36 bits per heavy atom. The van der Waals surface area contributed by atoms with E-state index in [1.165, 1.54) is 12.5 Å². The van der Waals surface area contributed by atoms with Crippen molar-refractivity contribution in [2.45, 2.75) is 25.7 Å². The first-order valence-electron chi connectivity index (χ1n) is 4.95. The molecule has 2 heteroatoms. The van der Waals surface area contributed by atoms with E-state index >= 15 is 0 Å². The first kappa shape index (κ1) is 9.21. The predicted octanol–water partition coefficient (Wildman–Crippen LogP) is 3.21. The lowest BCUT2D eigenvalue weighted by Crippen LogP contribution is -1.88. The summed E-state index contributed by atoms with van der Waals surface area (Å²) >= 11 is 0. The van der Waals surface area contributed by atoms with Crippen molar-refractivity contribution in [3.8, 4) is 6.07 Å². The van der Waals surface area contributed by atoms with Crippen LogP contribution in [0.1, 0.15) is 36.8 Å². The number of rotatable bonds is 2. The molecule has 2 atom stereocenters. The molecule has 1 aliphatic carbocycles. The van der Waals surface area contributed by atoms with Crippen molar-refractivity contribution in [1.29, 1.82) is 5.26 Å². The Kier molecular flexibility index (Phi) is 2.25. The fourth-order valence-corrected chi connectivity index (χ4v) is 1.96. The third kappa shape index (κ3) is 1.50. The van der Waals surface area contributed by atoms with Crippen molar-refractivity contribution >= 4 is 0 Å². The van der Waals surface area contributed by atoms with Gasteiger partial charge in [-0.3, -0.25) is 0 Å². The summed E-state index contributed by atoms with van der Waals surface area (Å²) in [7, 11) is 0. The number of benzene rings is 1. The Hall–Kier alpha value is -1.36. The third-order valence-electron chi connectivity index (χ3n) is 2.99. The normalized spacial score (nSPS) is 24.4. The molecule has 0 unspecified atom stereocenters. The quantitative estimate of drug-likeness (QED) is 0.700. The van der Waals surface area contributed by atoms with Crippen LogP contribution in [0.3, 0.4) is 0 Å². The van der Waals surface area contributed by atoms with Gasteiger partial charge in [0.15, 0.2) is 0 Å². The molecule has 0 saturated heterocycles. The van der Waals surface area contributed by atoms with Crippen LogP contribution in [0, 0.1) is 23.1 Å². The van der Waals surface area contributed by atoms with Crippen molar-refractivity contribution in [1.82, 2.24) is 0 Å². The van der Waals surface area contributed by atoms with E-state index in [0.717, 1.165) is 17.9 Å². The molecule has 1 aliphatic rings. The van der Waals surface area contributed by atoms with Gasteiger partial charge in [0, 0.05) is 0 Å². The van der Waals surface area contributed by atoms with Crippen molar-refractivity contribution in [2.75, 3.05) is 0 Å². The van der Waals surface area contributed by atoms with Crippen LogP contribution in [0.4, 0.5) is 4.39 Å². The Balaban J connectivity index is 2.23. The second-order valence-corrected chi connectivity index (χ2v) is 3.86. The lowest BCUT2D eigenvalue weighted by atomic mass is 10.1.